The SMILES string of the molecule is CCc1nnc2c(NC(C)=O)nc3ccc(Cl)cc3n12. The van der Waals surface area contributed by atoms with E-state index in [1.807, 2.05) is 23.5 Å². The topological polar surface area (TPSA) is 72.2 Å². The molecule has 102 valence electrons. The van der Waals surface area contributed by atoms with Crippen LogP contribution in [-0.2, 0) is 11.2 Å². The van der Waals surface area contributed by atoms with Gasteiger partial charge in [0, 0.05) is 18.4 Å². The number of nitrogens with one attached hydrogen (secondary N) is 1. The van der Waals surface area contributed by atoms with Crippen LogP contribution in [0.15, 0.2) is 18.2 Å². The second-order valence-electron chi connectivity index (χ2n) is 4.40. The smallest absolute Gasteiger partial charge is 0.222 e. The summed E-state index contributed by atoms with van der Waals surface area (Å²) in [4.78, 5) is 15.7. The van der Waals surface area contributed by atoms with Crippen molar-refractivity contribution < 1.29 is 4.79 Å². The van der Waals surface area contributed by atoms with E-state index in [1.165, 1.54) is 6.92 Å². The number of hydrogen-bond acceptors (Lipinski definition) is 4. The number of hydrogen-bond donors (Lipinski definition) is 1. The fourth-order valence-electron chi connectivity index (χ4n) is 2.14. The normalized spacial score (nSPS) is 11.2. The van der Waals surface area contributed by atoms with Crippen LogP contribution in [0.4, 0.5) is 5.82 Å². The van der Waals surface area contributed by atoms with Gasteiger partial charge in [-0.3, -0.25) is 9.20 Å². The van der Waals surface area contributed by atoms with Crippen LogP contribution in [0.5, 0.6) is 0 Å². The van der Waals surface area contributed by atoms with Crippen LogP contribution < -0.4 is 5.32 Å². The third-order valence-corrected chi connectivity index (χ3v) is 3.20. The minimum Gasteiger partial charge on any atom is -0.308 e. The van der Waals surface area contributed by atoms with E-state index < -0.39 is 0 Å². The lowest BCUT2D eigenvalue weighted by Gasteiger charge is -2.08. The number of carbonyl (C=O) groups excluding carboxylic acids is 1. The van der Waals surface area contributed by atoms with Crippen molar-refractivity contribution in [3.8, 4) is 0 Å². The van der Waals surface area contributed by atoms with Gasteiger partial charge in [0.05, 0.1) is 11.0 Å². The molecule has 1 N–H and O–H groups in total. The summed E-state index contributed by atoms with van der Waals surface area (Å²) < 4.78 is 1.87. The highest BCUT2D eigenvalue weighted by molar-refractivity contribution is 6.31. The largest absolute Gasteiger partial charge is 0.308 e. The summed E-state index contributed by atoms with van der Waals surface area (Å²) in [6, 6.07) is 5.38. The van der Waals surface area contributed by atoms with Crippen LogP contribution in [0.1, 0.15) is 19.7 Å². The zero-order valence-corrected chi connectivity index (χ0v) is 11.8. The Morgan fingerprint density at radius 2 is 2.20 bits per heavy atom. The summed E-state index contributed by atoms with van der Waals surface area (Å²) >= 11 is 6.05. The maximum atomic E-state index is 11.3. The summed E-state index contributed by atoms with van der Waals surface area (Å²) in [6.45, 7) is 3.42. The minimum atomic E-state index is -0.200. The van der Waals surface area contributed by atoms with Crippen LogP contribution in [0.3, 0.4) is 0 Å². The predicted octanol–water partition coefficient (Wildman–Crippen LogP) is 2.45. The molecule has 0 saturated heterocycles. The van der Waals surface area contributed by atoms with E-state index in [0.29, 0.717) is 22.9 Å². The van der Waals surface area contributed by atoms with Crippen LogP contribution in [0.25, 0.3) is 16.7 Å². The van der Waals surface area contributed by atoms with E-state index in [-0.39, 0.29) is 5.91 Å². The van der Waals surface area contributed by atoms with E-state index in [4.69, 9.17) is 11.6 Å². The predicted molar refractivity (Wildman–Crippen MR) is 77.0 cm³/mol. The Balaban J connectivity index is 2.43. The van der Waals surface area contributed by atoms with E-state index in [9.17, 15) is 4.79 Å². The van der Waals surface area contributed by atoms with Crippen molar-refractivity contribution >= 4 is 40.0 Å². The molecule has 0 unspecified atom stereocenters. The number of anilines is 1. The van der Waals surface area contributed by atoms with Crippen molar-refractivity contribution in [2.45, 2.75) is 20.3 Å². The van der Waals surface area contributed by atoms with Gasteiger partial charge in [0.1, 0.15) is 5.82 Å². The maximum Gasteiger partial charge on any atom is 0.222 e. The lowest BCUT2D eigenvalue weighted by Crippen LogP contribution is -2.10. The molecular weight excluding hydrogens is 278 g/mol. The molecule has 20 heavy (non-hydrogen) atoms. The molecule has 0 aliphatic heterocycles. The number of halogens is 1. The summed E-state index contributed by atoms with van der Waals surface area (Å²) in [5.74, 6) is 0.995. The number of benzene rings is 1. The van der Waals surface area contributed by atoms with Crippen molar-refractivity contribution in [3.63, 3.8) is 0 Å². The molecular formula is C13H12ClN5O. The van der Waals surface area contributed by atoms with Gasteiger partial charge in [-0.1, -0.05) is 18.5 Å². The minimum absolute atomic E-state index is 0.200. The quantitative estimate of drug-likeness (QED) is 0.786. The first-order chi connectivity index (χ1) is 9.60. The van der Waals surface area contributed by atoms with Gasteiger partial charge in [0.25, 0.3) is 0 Å². The first-order valence-electron chi connectivity index (χ1n) is 6.21. The first kappa shape index (κ1) is 12.8. The Morgan fingerprint density at radius 3 is 2.90 bits per heavy atom. The standard InChI is InChI=1S/C13H12ClN5O/c1-3-11-17-18-13-12(15-7(2)20)16-9-5-4-8(14)6-10(9)19(11)13/h4-6H,3H2,1-2H3,(H,15,16,20). The average Bonchev–Trinajstić information content (AvgIpc) is 2.83. The van der Waals surface area contributed by atoms with Crippen molar-refractivity contribution in [2.75, 3.05) is 5.32 Å². The van der Waals surface area contributed by atoms with Gasteiger partial charge in [-0.05, 0) is 18.2 Å². The Hall–Kier alpha value is -2.21. The number of nitrogens with zero attached hydrogens (tertiary/aromatic N) is 4. The Kier molecular flexibility index (Phi) is 3.02. The van der Waals surface area contributed by atoms with Gasteiger partial charge in [-0.25, -0.2) is 4.98 Å². The van der Waals surface area contributed by atoms with Gasteiger partial charge in [-0.2, -0.15) is 0 Å². The van der Waals surface area contributed by atoms with Crippen molar-refractivity contribution in [2.24, 2.45) is 0 Å². The third kappa shape index (κ3) is 1.98. The van der Waals surface area contributed by atoms with Crippen molar-refractivity contribution in [3.05, 3.63) is 29.0 Å². The van der Waals surface area contributed by atoms with Crippen LogP contribution in [0, 0.1) is 0 Å². The van der Waals surface area contributed by atoms with Gasteiger partial charge in [0.2, 0.25) is 11.6 Å². The molecule has 0 aliphatic rings. The molecule has 0 aliphatic carbocycles. The fourth-order valence-corrected chi connectivity index (χ4v) is 2.31. The zero-order chi connectivity index (χ0) is 14.3. The molecule has 7 heteroatoms. The Bertz CT molecular complexity index is 826. The van der Waals surface area contributed by atoms with Gasteiger partial charge in [0.15, 0.2) is 5.82 Å². The molecule has 2 aromatic heterocycles. The van der Waals surface area contributed by atoms with Crippen LogP contribution in [-0.4, -0.2) is 25.5 Å². The fraction of sp³-hybridized carbons (Fsp3) is 0.231. The monoisotopic (exact) mass is 289 g/mol. The molecule has 2 heterocycles. The molecule has 0 saturated carbocycles. The molecule has 3 aromatic rings. The first-order valence-corrected chi connectivity index (χ1v) is 6.59. The summed E-state index contributed by atoms with van der Waals surface area (Å²) in [5.41, 5.74) is 2.07. The molecule has 0 bridgehead atoms. The second kappa shape index (κ2) is 4.72. The molecule has 0 atom stereocenters. The number of amides is 1. The van der Waals surface area contributed by atoms with Gasteiger partial charge >= 0.3 is 0 Å². The molecule has 0 fully saturated rings. The Morgan fingerprint density at radius 1 is 1.40 bits per heavy atom. The number of carbonyl (C=O) groups is 1. The highest BCUT2D eigenvalue weighted by Crippen LogP contribution is 2.24. The second-order valence-corrected chi connectivity index (χ2v) is 4.84. The summed E-state index contributed by atoms with van der Waals surface area (Å²) in [5, 5.41) is 11.6. The van der Waals surface area contributed by atoms with Crippen molar-refractivity contribution in [1.29, 1.82) is 0 Å². The molecule has 6 nitrogen and oxygen atoms in total. The Labute approximate surface area is 119 Å². The van der Waals surface area contributed by atoms with E-state index in [0.717, 1.165) is 16.9 Å². The maximum absolute atomic E-state index is 11.3. The highest BCUT2D eigenvalue weighted by atomic mass is 35.5. The lowest BCUT2D eigenvalue weighted by molar-refractivity contribution is -0.114. The van der Waals surface area contributed by atoms with Crippen LogP contribution in [0.2, 0.25) is 5.02 Å². The van der Waals surface area contributed by atoms with Gasteiger partial charge in [-0.15, -0.1) is 10.2 Å². The van der Waals surface area contributed by atoms with E-state index in [2.05, 4.69) is 20.5 Å². The number of rotatable bonds is 2. The average molecular weight is 290 g/mol. The molecule has 0 radical (unpaired) electrons. The summed E-state index contributed by atoms with van der Waals surface area (Å²) in [6.07, 6.45) is 0.715. The summed E-state index contributed by atoms with van der Waals surface area (Å²) in [7, 11) is 0. The van der Waals surface area contributed by atoms with Crippen LogP contribution >= 0.6 is 11.6 Å². The highest BCUT2D eigenvalue weighted by Gasteiger charge is 2.15. The van der Waals surface area contributed by atoms with Gasteiger partial charge < -0.3 is 5.32 Å². The van der Waals surface area contributed by atoms with Crippen molar-refractivity contribution in [1.82, 2.24) is 19.6 Å². The molecule has 1 amide bonds. The zero-order valence-electron chi connectivity index (χ0n) is 11.0. The third-order valence-electron chi connectivity index (χ3n) is 2.96. The number of aryl methyl sites for hydroxylation is 1. The number of aromatic nitrogens is 4. The van der Waals surface area contributed by atoms with E-state index in [1.54, 1.807) is 6.07 Å². The lowest BCUT2D eigenvalue weighted by atomic mass is 10.3. The molecule has 3 rings (SSSR count). The number of fused-ring (bicyclic) bond motifs is 3. The van der Waals surface area contributed by atoms with E-state index >= 15 is 0 Å². The molecule has 0 spiro atoms. The molecule has 1 aromatic carbocycles.